The number of aromatic nitrogens is 3. The molecule has 27 heavy (non-hydrogen) atoms. The molecule has 1 fully saturated rings. The van der Waals surface area contributed by atoms with Crippen molar-refractivity contribution in [1.82, 2.24) is 19.9 Å². The summed E-state index contributed by atoms with van der Waals surface area (Å²) in [7, 11) is 0. The molecule has 0 saturated carbocycles. The number of carboxylic acid groups (broad SMARTS) is 1. The van der Waals surface area contributed by atoms with Gasteiger partial charge in [0.1, 0.15) is 12.4 Å². The molecule has 1 saturated heterocycles. The summed E-state index contributed by atoms with van der Waals surface area (Å²) in [5.41, 5.74) is 0.898. The van der Waals surface area contributed by atoms with Crippen LogP contribution in [0.15, 0.2) is 18.2 Å². The van der Waals surface area contributed by atoms with Gasteiger partial charge in [0.05, 0.1) is 16.4 Å². The van der Waals surface area contributed by atoms with Gasteiger partial charge in [0, 0.05) is 19.3 Å². The molecule has 3 rings (SSSR count). The second-order valence-corrected chi connectivity index (χ2v) is 6.61. The lowest BCUT2D eigenvalue weighted by molar-refractivity contribution is -0.138. The molecule has 0 bridgehead atoms. The number of ether oxygens (including phenoxy) is 1. The Kier molecular flexibility index (Phi) is 5.71. The molecule has 1 amide bonds. The van der Waals surface area contributed by atoms with Gasteiger partial charge in [0.2, 0.25) is 0 Å². The van der Waals surface area contributed by atoms with Crippen molar-refractivity contribution in [3.63, 3.8) is 0 Å². The standard InChI is InChI=1S/C17H18ClFN4O4/c1-10-16(20-21-23(10)12-2-3-14(19)13(18)8-12)17(26)22(9-15(24)25)11-4-6-27-7-5-11/h2-3,8,11H,4-7,9H2,1H3,(H,24,25). The second kappa shape index (κ2) is 8.01. The Bertz CT molecular complexity index is 867. The molecule has 0 spiro atoms. The highest BCUT2D eigenvalue weighted by atomic mass is 35.5. The Morgan fingerprint density at radius 3 is 2.74 bits per heavy atom. The van der Waals surface area contributed by atoms with Gasteiger partial charge in [0.25, 0.3) is 5.91 Å². The molecular formula is C17H18ClFN4O4. The Morgan fingerprint density at radius 1 is 1.41 bits per heavy atom. The average Bonchev–Trinajstić information content (AvgIpc) is 3.03. The fraction of sp³-hybridized carbons (Fsp3) is 0.412. The average molecular weight is 397 g/mol. The molecule has 1 aliphatic rings. The van der Waals surface area contributed by atoms with Crippen molar-refractivity contribution < 1.29 is 23.8 Å². The molecule has 10 heteroatoms. The highest BCUT2D eigenvalue weighted by Gasteiger charge is 2.31. The Balaban J connectivity index is 1.91. The second-order valence-electron chi connectivity index (χ2n) is 6.20. The number of carbonyl (C=O) groups excluding carboxylic acids is 1. The molecule has 0 radical (unpaired) electrons. The van der Waals surface area contributed by atoms with Crippen LogP contribution < -0.4 is 0 Å². The minimum atomic E-state index is -1.11. The van der Waals surface area contributed by atoms with Crippen molar-refractivity contribution in [2.24, 2.45) is 0 Å². The molecule has 2 aromatic rings. The molecule has 2 heterocycles. The number of carboxylic acids is 1. The monoisotopic (exact) mass is 396 g/mol. The summed E-state index contributed by atoms with van der Waals surface area (Å²) in [6.45, 7) is 2.13. The van der Waals surface area contributed by atoms with Crippen LogP contribution in [0, 0.1) is 12.7 Å². The Hall–Kier alpha value is -2.52. The van der Waals surface area contributed by atoms with E-state index in [1.54, 1.807) is 6.92 Å². The van der Waals surface area contributed by atoms with Gasteiger partial charge in [-0.25, -0.2) is 9.07 Å². The minimum absolute atomic E-state index is 0.0446. The van der Waals surface area contributed by atoms with Crippen LogP contribution in [0.5, 0.6) is 0 Å². The Morgan fingerprint density at radius 2 is 2.11 bits per heavy atom. The number of nitrogens with zero attached hydrogens (tertiary/aromatic N) is 4. The summed E-state index contributed by atoms with van der Waals surface area (Å²) < 4.78 is 20.0. The summed E-state index contributed by atoms with van der Waals surface area (Å²) in [4.78, 5) is 25.5. The van der Waals surface area contributed by atoms with E-state index in [4.69, 9.17) is 16.3 Å². The highest BCUT2D eigenvalue weighted by Crippen LogP contribution is 2.22. The highest BCUT2D eigenvalue weighted by molar-refractivity contribution is 6.30. The number of hydrogen-bond donors (Lipinski definition) is 1. The van der Waals surface area contributed by atoms with E-state index in [2.05, 4.69) is 10.3 Å². The van der Waals surface area contributed by atoms with Gasteiger partial charge in [-0.2, -0.15) is 0 Å². The summed E-state index contributed by atoms with van der Waals surface area (Å²) in [6.07, 6.45) is 1.11. The van der Waals surface area contributed by atoms with Crippen molar-refractivity contribution in [1.29, 1.82) is 0 Å². The van der Waals surface area contributed by atoms with Crippen molar-refractivity contribution in [3.8, 4) is 5.69 Å². The van der Waals surface area contributed by atoms with E-state index in [1.807, 2.05) is 0 Å². The SMILES string of the molecule is Cc1c(C(=O)N(CC(=O)O)C2CCOCC2)nnn1-c1ccc(F)c(Cl)c1. The maximum absolute atomic E-state index is 13.4. The number of hydrogen-bond acceptors (Lipinski definition) is 5. The summed E-state index contributed by atoms with van der Waals surface area (Å²) in [6, 6.07) is 3.79. The van der Waals surface area contributed by atoms with Crippen LogP contribution >= 0.6 is 11.6 Å². The van der Waals surface area contributed by atoms with Crippen LogP contribution in [0.4, 0.5) is 4.39 Å². The quantitative estimate of drug-likeness (QED) is 0.830. The molecule has 1 aromatic carbocycles. The van der Waals surface area contributed by atoms with Gasteiger partial charge in [-0.15, -0.1) is 5.10 Å². The predicted octanol–water partition coefficient (Wildman–Crippen LogP) is 2.07. The van der Waals surface area contributed by atoms with Gasteiger partial charge >= 0.3 is 5.97 Å². The lowest BCUT2D eigenvalue weighted by atomic mass is 10.1. The number of halogens is 2. The first-order valence-electron chi connectivity index (χ1n) is 8.36. The van der Waals surface area contributed by atoms with E-state index < -0.39 is 24.2 Å². The largest absolute Gasteiger partial charge is 0.480 e. The zero-order chi connectivity index (χ0) is 19.6. The number of carbonyl (C=O) groups is 2. The third kappa shape index (κ3) is 4.09. The minimum Gasteiger partial charge on any atom is -0.480 e. The van der Waals surface area contributed by atoms with Crippen LogP contribution in [0.1, 0.15) is 29.0 Å². The van der Waals surface area contributed by atoms with Crippen molar-refractivity contribution in [3.05, 3.63) is 40.4 Å². The lowest BCUT2D eigenvalue weighted by Gasteiger charge is -2.32. The zero-order valence-electron chi connectivity index (χ0n) is 14.6. The van der Waals surface area contributed by atoms with Crippen LogP contribution in [-0.2, 0) is 9.53 Å². The molecule has 0 unspecified atom stereocenters. The van der Waals surface area contributed by atoms with Gasteiger partial charge in [-0.3, -0.25) is 9.59 Å². The van der Waals surface area contributed by atoms with Crippen molar-refractivity contribution in [2.45, 2.75) is 25.8 Å². The summed E-state index contributed by atoms with van der Waals surface area (Å²) in [5, 5.41) is 17.0. The van der Waals surface area contributed by atoms with Crippen molar-refractivity contribution >= 4 is 23.5 Å². The third-order valence-corrected chi connectivity index (χ3v) is 4.73. The molecule has 1 aromatic heterocycles. The first kappa shape index (κ1) is 19.2. The fourth-order valence-electron chi connectivity index (χ4n) is 3.03. The van der Waals surface area contributed by atoms with E-state index in [1.165, 1.54) is 27.8 Å². The molecule has 1 aliphatic heterocycles. The first-order valence-corrected chi connectivity index (χ1v) is 8.74. The van der Waals surface area contributed by atoms with E-state index >= 15 is 0 Å². The number of amides is 1. The molecule has 8 nitrogen and oxygen atoms in total. The molecule has 0 aliphatic carbocycles. The third-order valence-electron chi connectivity index (χ3n) is 4.44. The molecule has 0 atom stereocenters. The maximum Gasteiger partial charge on any atom is 0.323 e. The van der Waals surface area contributed by atoms with Crippen LogP contribution in [0.25, 0.3) is 5.69 Å². The smallest absolute Gasteiger partial charge is 0.323 e. The maximum atomic E-state index is 13.4. The number of benzene rings is 1. The van der Waals surface area contributed by atoms with E-state index in [0.29, 0.717) is 37.4 Å². The molecular weight excluding hydrogens is 379 g/mol. The van der Waals surface area contributed by atoms with Crippen LogP contribution in [0.2, 0.25) is 5.02 Å². The van der Waals surface area contributed by atoms with Gasteiger partial charge in [-0.1, -0.05) is 16.8 Å². The Labute approximate surface area is 159 Å². The number of aliphatic carboxylic acids is 1. The van der Waals surface area contributed by atoms with E-state index in [0.717, 1.165) is 0 Å². The zero-order valence-corrected chi connectivity index (χ0v) is 15.3. The number of rotatable bonds is 5. The molecule has 1 N–H and O–H groups in total. The van der Waals surface area contributed by atoms with Crippen LogP contribution in [-0.4, -0.2) is 62.7 Å². The summed E-state index contributed by atoms with van der Waals surface area (Å²) in [5.74, 6) is -2.19. The normalized spacial score (nSPS) is 14.9. The fourth-order valence-corrected chi connectivity index (χ4v) is 3.21. The topological polar surface area (TPSA) is 97.6 Å². The molecule has 144 valence electrons. The van der Waals surface area contributed by atoms with Gasteiger partial charge < -0.3 is 14.7 Å². The first-order chi connectivity index (χ1) is 12.9. The van der Waals surface area contributed by atoms with Gasteiger partial charge in [0.15, 0.2) is 5.69 Å². The lowest BCUT2D eigenvalue weighted by Crippen LogP contribution is -2.46. The van der Waals surface area contributed by atoms with Crippen LogP contribution in [0.3, 0.4) is 0 Å². The van der Waals surface area contributed by atoms with Crippen molar-refractivity contribution in [2.75, 3.05) is 19.8 Å². The summed E-state index contributed by atoms with van der Waals surface area (Å²) >= 11 is 5.81. The van der Waals surface area contributed by atoms with Gasteiger partial charge in [-0.05, 0) is 38.0 Å². The predicted molar refractivity (Wildman–Crippen MR) is 93.6 cm³/mol. The van der Waals surface area contributed by atoms with E-state index in [-0.39, 0.29) is 16.8 Å². The van der Waals surface area contributed by atoms with E-state index in [9.17, 15) is 19.1 Å².